The Bertz CT molecular complexity index is 1160. The molecule has 0 saturated carbocycles. The van der Waals surface area contributed by atoms with E-state index < -0.39 is 5.25 Å². The van der Waals surface area contributed by atoms with Crippen LogP contribution in [0.5, 0.6) is 0 Å². The van der Waals surface area contributed by atoms with Gasteiger partial charge in [-0.25, -0.2) is 4.98 Å². The molecule has 1 amide bonds. The third-order valence-electron chi connectivity index (χ3n) is 5.55. The van der Waals surface area contributed by atoms with Gasteiger partial charge in [-0.2, -0.15) is 0 Å². The Hall–Kier alpha value is -2.39. The van der Waals surface area contributed by atoms with E-state index >= 15 is 0 Å². The Kier molecular flexibility index (Phi) is 8.03. The first kappa shape index (κ1) is 23.8. The van der Waals surface area contributed by atoms with Crippen LogP contribution in [0.2, 0.25) is 5.02 Å². The van der Waals surface area contributed by atoms with Crippen molar-refractivity contribution in [1.29, 1.82) is 0 Å². The average molecular weight is 487 g/mol. The zero-order valence-electron chi connectivity index (χ0n) is 18.5. The minimum absolute atomic E-state index is 0.0737. The Labute approximate surface area is 202 Å². The highest BCUT2D eigenvalue weighted by atomic mass is 35.5. The number of hydrogen-bond acceptors (Lipinski definition) is 6. The molecule has 7 nitrogen and oxygen atoms in total. The number of morpholine rings is 1. The molecule has 1 saturated heterocycles. The largest absolute Gasteiger partial charge is 0.379 e. The zero-order chi connectivity index (χ0) is 23.2. The number of benzene rings is 2. The van der Waals surface area contributed by atoms with Crippen LogP contribution < -0.4 is 10.9 Å². The van der Waals surface area contributed by atoms with Crippen LogP contribution in [-0.2, 0) is 16.1 Å². The number of nitrogens with one attached hydrogen (secondary N) is 1. The molecule has 1 unspecified atom stereocenters. The number of carbonyl (C=O) groups is 1. The molecule has 0 bridgehead atoms. The second kappa shape index (κ2) is 11.2. The van der Waals surface area contributed by atoms with Gasteiger partial charge in [0.15, 0.2) is 5.16 Å². The lowest BCUT2D eigenvalue weighted by Gasteiger charge is -2.26. The predicted molar refractivity (Wildman–Crippen MR) is 133 cm³/mol. The number of nitrogens with zero attached hydrogens (tertiary/aromatic N) is 3. The molecule has 1 aliphatic heterocycles. The van der Waals surface area contributed by atoms with Crippen LogP contribution in [0.4, 0.5) is 5.69 Å². The maximum atomic E-state index is 13.3. The fraction of sp³-hybridized carbons (Fsp3) is 0.375. The Morgan fingerprint density at radius 2 is 1.88 bits per heavy atom. The van der Waals surface area contributed by atoms with Crippen LogP contribution in [0.15, 0.2) is 58.5 Å². The summed E-state index contributed by atoms with van der Waals surface area (Å²) in [5.41, 5.74) is 1.24. The minimum Gasteiger partial charge on any atom is -0.379 e. The number of fused-ring (bicyclic) bond motifs is 1. The highest BCUT2D eigenvalue weighted by molar-refractivity contribution is 8.00. The van der Waals surface area contributed by atoms with Gasteiger partial charge in [0.1, 0.15) is 0 Å². The molecule has 1 aliphatic rings. The molecule has 2 heterocycles. The molecule has 174 valence electrons. The molecule has 0 radical (unpaired) electrons. The molecule has 3 aromatic rings. The maximum Gasteiger partial charge on any atom is 0.262 e. The van der Waals surface area contributed by atoms with Gasteiger partial charge in [-0.3, -0.25) is 19.1 Å². The number of thioether (sulfide) groups is 1. The molecular formula is C24H27ClN4O3S. The quantitative estimate of drug-likeness (QED) is 0.384. The van der Waals surface area contributed by atoms with Crippen molar-refractivity contribution in [2.24, 2.45) is 0 Å². The number of rotatable bonds is 8. The first-order valence-electron chi connectivity index (χ1n) is 11.0. The standard InChI is InChI=1S/C24H27ClN4O3S/c1-17(22(30)26-19-9-7-18(25)8-10-19)33-24-27-21-6-3-2-5-20(21)23(31)29(24)12-4-11-28-13-15-32-16-14-28/h2-3,5-10,17H,4,11-16H2,1H3,(H,26,30). The monoisotopic (exact) mass is 486 g/mol. The molecule has 1 atom stereocenters. The Morgan fingerprint density at radius 3 is 2.64 bits per heavy atom. The van der Waals surface area contributed by atoms with Crippen molar-refractivity contribution in [3.05, 3.63) is 63.9 Å². The van der Waals surface area contributed by atoms with Crippen molar-refractivity contribution < 1.29 is 9.53 Å². The van der Waals surface area contributed by atoms with Gasteiger partial charge in [-0.1, -0.05) is 35.5 Å². The third kappa shape index (κ3) is 6.14. The van der Waals surface area contributed by atoms with Gasteiger partial charge >= 0.3 is 0 Å². The summed E-state index contributed by atoms with van der Waals surface area (Å²) in [5.74, 6) is -0.162. The summed E-state index contributed by atoms with van der Waals surface area (Å²) in [7, 11) is 0. The number of halogens is 1. The lowest BCUT2D eigenvalue weighted by Crippen LogP contribution is -2.37. The van der Waals surface area contributed by atoms with E-state index in [1.54, 1.807) is 34.9 Å². The molecule has 1 N–H and O–H groups in total. The summed E-state index contributed by atoms with van der Waals surface area (Å²) in [6.45, 7) is 6.57. The molecule has 1 fully saturated rings. The van der Waals surface area contributed by atoms with E-state index in [1.165, 1.54) is 11.8 Å². The summed E-state index contributed by atoms with van der Waals surface area (Å²) in [6.07, 6.45) is 0.818. The zero-order valence-corrected chi connectivity index (χ0v) is 20.1. The molecule has 1 aromatic heterocycles. The first-order chi connectivity index (χ1) is 16.0. The molecule has 2 aromatic carbocycles. The van der Waals surface area contributed by atoms with Crippen LogP contribution in [0.3, 0.4) is 0 Å². The van der Waals surface area contributed by atoms with Gasteiger partial charge in [0, 0.05) is 36.9 Å². The Balaban J connectivity index is 1.51. The summed E-state index contributed by atoms with van der Waals surface area (Å²) in [6, 6.07) is 14.3. The maximum absolute atomic E-state index is 13.3. The van der Waals surface area contributed by atoms with Crippen LogP contribution >= 0.6 is 23.4 Å². The van der Waals surface area contributed by atoms with Gasteiger partial charge in [0.05, 0.1) is 29.4 Å². The Morgan fingerprint density at radius 1 is 1.15 bits per heavy atom. The van der Waals surface area contributed by atoms with E-state index in [9.17, 15) is 9.59 Å². The van der Waals surface area contributed by atoms with Gasteiger partial charge in [-0.15, -0.1) is 0 Å². The predicted octanol–water partition coefficient (Wildman–Crippen LogP) is 3.89. The van der Waals surface area contributed by atoms with E-state index in [0.29, 0.717) is 33.3 Å². The highest BCUT2D eigenvalue weighted by Gasteiger charge is 2.20. The molecule has 4 rings (SSSR count). The molecule has 33 heavy (non-hydrogen) atoms. The van der Waals surface area contributed by atoms with Crippen LogP contribution in [0, 0.1) is 0 Å². The van der Waals surface area contributed by atoms with Crippen molar-refractivity contribution in [3.8, 4) is 0 Å². The summed E-state index contributed by atoms with van der Waals surface area (Å²) in [5, 5.41) is 4.20. The van der Waals surface area contributed by atoms with Crippen LogP contribution in [-0.4, -0.2) is 58.5 Å². The van der Waals surface area contributed by atoms with Crippen molar-refractivity contribution in [2.45, 2.75) is 30.3 Å². The number of para-hydroxylation sites is 1. The fourth-order valence-electron chi connectivity index (χ4n) is 3.70. The van der Waals surface area contributed by atoms with Gasteiger partial charge in [0.25, 0.3) is 5.56 Å². The van der Waals surface area contributed by atoms with Crippen molar-refractivity contribution in [2.75, 3.05) is 38.2 Å². The lowest BCUT2D eigenvalue weighted by molar-refractivity contribution is -0.115. The highest BCUT2D eigenvalue weighted by Crippen LogP contribution is 2.24. The number of amides is 1. The van der Waals surface area contributed by atoms with E-state index in [0.717, 1.165) is 39.3 Å². The van der Waals surface area contributed by atoms with Gasteiger partial charge in [-0.05, 0) is 49.7 Å². The second-order valence-corrected chi connectivity index (χ2v) is 9.68. The van der Waals surface area contributed by atoms with Crippen LogP contribution in [0.25, 0.3) is 10.9 Å². The van der Waals surface area contributed by atoms with Crippen molar-refractivity contribution in [1.82, 2.24) is 14.5 Å². The second-order valence-electron chi connectivity index (χ2n) is 7.93. The van der Waals surface area contributed by atoms with E-state index in [1.807, 2.05) is 25.1 Å². The molecule has 0 aliphatic carbocycles. The van der Waals surface area contributed by atoms with E-state index in [4.69, 9.17) is 21.3 Å². The van der Waals surface area contributed by atoms with Crippen molar-refractivity contribution in [3.63, 3.8) is 0 Å². The average Bonchev–Trinajstić information content (AvgIpc) is 2.83. The first-order valence-corrected chi connectivity index (χ1v) is 12.3. The smallest absolute Gasteiger partial charge is 0.262 e. The van der Waals surface area contributed by atoms with Crippen molar-refractivity contribution >= 4 is 45.9 Å². The number of ether oxygens (including phenoxy) is 1. The topological polar surface area (TPSA) is 76.5 Å². The van der Waals surface area contributed by atoms with Gasteiger partial charge in [0.2, 0.25) is 5.91 Å². The van der Waals surface area contributed by atoms with Gasteiger partial charge < -0.3 is 10.1 Å². The molecule has 0 spiro atoms. The molecule has 9 heteroatoms. The fourth-order valence-corrected chi connectivity index (χ4v) is 4.76. The van der Waals surface area contributed by atoms with Crippen LogP contribution in [0.1, 0.15) is 13.3 Å². The number of hydrogen-bond donors (Lipinski definition) is 1. The SMILES string of the molecule is CC(Sc1nc2ccccc2c(=O)n1CCCN1CCOCC1)C(=O)Nc1ccc(Cl)cc1. The third-order valence-corrected chi connectivity index (χ3v) is 6.89. The number of carbonyl (C=O) groups excluding carboxylic acids is 1. The van der Waals surface area contributed by atoms with E-state index in [-0.39, 0.29) is 11.5 Å². The number of aromatic nitrogens is 2. The lowest BCUT2D eigenvalue weighted by atomic mass is 10.2. The summed E-state index contributed by atoms with van der Waals surface area (Å²) < 4.78 is 7.12. The van der Waals surface area contributed by atoms with E-state index in [2.05, 4.69) is 10.2 Å². The minimum atomic E-state index is -0.445. The normalized spacial score (nSPS) is 15.5. The molecular weight excluding hydrogens is 460 g/mol. The summed E-state index contributed by atoms with van der Waals surface area (Å²) in [4.78, 5) is 33.1. The summed E-state index contributed by atoms with van der Waals surface area (Å²) >= 11 is 7.22. The number of anilines is 1.